The van der Waals surface area contributed by atoms with Crippen molar-refractivity contribution < 1.29 is 14.0 Å². The smallest absolute Gasteiger partial charge is 0.255 e. The minimum absolute atomic E-state index is 0.0989. The molecule has 0 aliphatic carbocycles. The summed E-state index contributed by atoms with van der Waals surface area (Å²) >= 11 is 0. The highest BCUT2D eigenvalue weighted by atomic mass is 19.1. The van der Waals surface area contributed by atoms with Crippen LogP contribution in [0.2, 0.25) is 0 Å². The molecule has 5 rings (SSSR count). The normalized spacial score (nSPS) is 15.6. The summed E-state index contributed by atoms with van der Waals surface area (Å²) in [4.78, 5) is 35.4. The molecule has 10 heteroatoms. The summed E-state index contributed by atoms with van der Waals surface area (Å²) in [6.07, 6.45) is 4.35. The van der Waals surface area contributed by atoms with E-state index in [-0.39, 0.29) is 29.5 Å². The van der Waals surface area contributed by atoms with Gasteiger partial charge < -0.3 is 16.0 Å². The summed E-state index contributed by atoms with van der Waals surface area (Å²) in [5.74, 6) is -0.572. The van der Waals surface area contributed by atoms with E-state index in [4.69, 9.17) is 10.8 Å². The Morgan fingerprint density at radius 3 is 2.75 bits per heavy atom. The van der Waals surface area contributed by atoms with Crippen LogP contribution in [-0.2, 0) is 4.79 Å². The van der Waals surface area contributed by atoms with Gasteiger partial charge in [0.15, 0.2) is 5.65 Å². The first-order valence-electron chi connectivity index (χ1n) is 11.5. The molecule has 0 bridgehead atoms. The Balaban J connectivity index is 1.51. The number of halogens is 1. The maximum absolute atomic E-state index is 13.2. The Morgan fingerprint density at radius 1 is 1.17 bits per heavy atom. The number of nitrogens with two attached hydrogens (primary N) is 1. The van der Waals surface area contributed by atoms with Crippen LogP contribution in [0.3, 0.4) is 0 Å². The number of amides is 2. The SMILES string of the molecule is C=CC(=O)N1CCC[C@@H](n2nc(-c3cccc(C(=O)Nc4ccc(F)cc4)c3)c3c(N)ncnc32)C1. The number of rotatable bonds is 5. The maximum Gasteiger partial charge on any atom is 0.255 e. The molecule has 9 nitrogen and oxygen atoms in total. The van der Waals surface area contributed by atoms with Gasteiger partial charge in [-0.15, -0.1) is 0 Å². The van der Waals surface area contributed by atoms with Crippen LogP contribution in [0.25, 0.3) is 22.3 Å². The van der Waals surface area contributed by atoms with Crippen molar-refractivity contribution >= 4 is 34.4 Å². The van der Waals surface area contributed by atoms with Crippen LogP contribution in [0, 0.1) is 5.82 Å². The fourth-order valence-electron chi connectivity index (χ4n) is 4.48. The van der Waals surface area contributed by atoms with Gasteiger partial charge in [0, 0.05) is 29.9 Å². The molecule has 1 fully saturated rings. The second kappa shape index (κ2) is 9.57. The summed E-state index contributed by atoms with van der Waals surface area (Å²) in [6.45, 7) is 4.73. The summed E-state index contributed by atoms with van der Waals surface area (Å²) in [7, 11) is 0. The van der Waals surface area contributed by atoms with Gasteiger partial charge in [0.1, 0.15) is 23.7 Å². The first-order chi connectivity index (χ1) is 17.4. The number of hydrogen-bond donors (Lipinski definition) is 2. The second-order valence-electron chi connectivity index (χ2n) is 8.58. The van der Waals surface area contributed by atoms with Crippen molar-refractivity contribution in [1.82, 2.24) is 24.6 Å². The minimum atomic E-state index is -0.382. The Kier molecular flexibility index (Phi) is 6.16. The highest BCUT2D eigenvalue weighted by molar-refractivity contribution is 6.06. The number of anilines is 2. The highest BCUT2D eigenvalue weighted by Gasteiger charge is 2.28. The molecule has 3 heterocycles. The summed E-state index contributed by atoms with van der Waals surface area (Å²) in [5, 5.41) is 8.20. The van der Waals surface area contributed by atoms with E-state index in [9.17, 15) is 14.0 Å². The van der Waals surface area contributed by atoms with Gasteiger partial charge in [-0.1, -0.05) is 18.7 Å². The summed E-state index contributed by atoms with van der Waals surface area (Å²) in [6, 6.07) is 12.4. The van der Waals surface area contributed by atoms with Crippen molar-refractivity contribution in [2.45, 2.75) is 18.9 Å². The fourth-order valence-corrected chi connectivity index (χ4v) is 4.48. The first-order valence-corrected chi connectivity index (χ1v) is 11.5. The van der Waals surface area contributed by atoms with Gasteiger partial charge in [-0.3, -0.25) is 9.59 Å². The molecule has 182 valence electrons. The third kappa shape index (κ3) is 4.40. The van der Waals surface area contributed by atoms with E-state index >= 15 is 0 Å². The number of aromatic nitrogens is 4. The lowest BCUT2D eigenvalue weighted by Crippen LogP contribution is -2.40. The van der Waals surface area contributed by atoms with Gasteiger partial charge in [-0.2, -0.15) is 5.10 Å². The lowest BCUT2D eigenvalue weighted by molar-refractivity contribution is -0.127. The van der Waals surface area contributed by atoms with Crippen LogP contribution >= 0.6 is 0 Å². The number of nitrogens with zero attached hydrogens (tertiary/aromatic N) is 5. The third-order valence-corrected chi connectivity index (χ3v) is 6.25. The fraction of sp³-hybridized carbons (Fsp3) is 0.192. The predicted molar refractivity (Wildman–Crippen MR) is 135 cm³/mol. The zero-order chi connectivity index (χ0) is 25.2. The molecule has 0 unspecified atom stereocenters. The summed E-state index contributed by atoms with van der Waals surface area (Å²) in [5.41, 5.74) is 8.92. The van der Waals surface area contributed by atoms with Crippen LogP contribution in [-0.4, -0.2) is 49.6 Å². The van der Waals surface area contributed by atoms with Crippen LogP contribution in [0.1, 0.15) is 29.2 Å². The van der Waals surface area contributed by atoms with Crippen LogP contribution in [0.5, 0.6) is 0 Å². The molecular weight excluding hydrogens is 461 g/mol. The molecule has 1 saturated heterocycles. The van der Waals surface area contributed by atoms with E-state index < -0.39 is 0 Å². The van der Waals surface area contributed by atoms with E-state index in [0.29, 0.717) is 46.6 Å². The predicted octanol–water partition coefficient (Wildman–Crippen LogP) is 3.82. The monoisotopic (exact) mass is 485 g/mol. The molecule has 2 amide bonds. The van der Waals surface area contributed by atoms with Gasteiger partial charge in [0.05, 0.1) is 11.4 Å². The van der Waals surface area contributed by atoms with Crippen molar-refractivity contribution in [1.29, 1.82) is 0 Å². The average molecular weight is 486 g/mol. The number of likely N-dealkylation sites (tertiary alicyclic amines) is 1. The van der Waals surface area contributed by atoms with Crippen LogP contribution in [0.4, 0.5) is 15.9 Å². The zero-order valence-electron chi connectivity index (χ0n) is 19.4. The molecule has 2 aromatic carbocycles. The van der Waals surface area contributed by atoms with Gasteiger partial charge in [-0.05, 0) is 55.3 Å². The molecule has 3 N–H and O–H groups in total. The number of nitrogens with one attached hydrogen (secondary N) is 1. The average Bonchev–Trinajstić information content (AvgIpc) is 3.31. The second-order valence-corrected chi connectivity index (χ2v) is 8.58. The number of benzene rings is 2. The minimum Gasteiger partial charge on any atom is -0.383 e. The number of nitrogen functional groups attached to an aromatic ring is 1. The highest BCUT2D eigenvalue weighted by Crippen LogP contribution is 2.34. The van der Waals surface area contributed by atoms with Gasteiger partial charge in [-0.25, -0.2) is 19.0 Å². The van der Waals surface area contributed by atoms with E-state index in [1.165, 1.54) is 36.7 Å². The number of hydrogen-bond acceptors (Lipinski definition) is 6. The summed E-state index contributed by atoms with van der Waals surface area (Å²) < 4.78 is 15.0. The van der Waals surface area contributed by atoms with Gasteiger partial charge in [0.2, 0.25) is 5.91 Å². The van der Waals surface area contributed by atoms with Crippen molar-refractivity contribution in [3.63, 3.8) is 0 Å². The Bertz CT molecular complexity index is 1470. The molecule has 0 spiro atoms. The molecule has 0 saturated carbocycles. The third-order valence-electron chi connectivity index (χ3n) is 6.25. The van der Waals surface area contributed by atoms with Crippen molar-refractivity contribution in [2.75, 3.05) is 24.1 Å². The molecule has 1 aliphatic rings. The van der Waals surface area contributed by atoms with Gasteiger partial charge >= 0.3 is 0 Å². The van der Waals surface area contributed by atoms with Crippen LogP contribution < -0.4 is 11.1 Å². The Labute approximate surface area is 206 Å². The van der Waals surface area contributed by atoms with Crippen molar-refractivity contribution in [3.05, 3.63) is 78.9 Å². The first kappa shape index (κ1) is 23.2. The quantitative estimate of drug-likeness (QED) is 0.415. The van der Waals surface area contributed by atoms with E-state index in [0.717, 1.165) is 12.8 Å². The number of carbonyl (C=O) groups excluding carboxylic acids is 2. The molecule has 1 atom stereocenters. The zero-order valence-corrected chi connectivity index (χ0v) is 19.4. The number of fused-ring (bicyclic) bond motifs is 1. The Morgan fingerprint density at radius 2 is 1.97 bits per heavy atom. The topological polar surface area (TPSA) is 119 Å². The van der Waals surface area contributed by atoms with E-state index in [2.05, 4.69) is 21.9 Å². The number of piperidine rings is 1. The van der Waals surface area contributed by atoms with Gasteiger partial charge in [0.25, 0.3) is 5.91 Å². The maximum atomic E-state index is 13.2. The molecule has 36 heavy (non-hydrogen) atoms. The lowest BCUT2D eigenvalue weighted by Gasteiger charge is -2.32. The molecule has 1 aliphatic heterocycles. The molecule has 4 aromatic rings. The largest absolute Gasteiger partial charge is 0.383 e. The van der Waals surface area contributed by atoms with E-state index in [1.54, 1.807) is 27.8 Å². The molecular formula is C26H24FN7O2. The standard InChI is InChI=1S/C26H24FN7O2/c1-2-21(35)33-12-4-7-20(14-33)34-25-22(24(28)29-15-30-25)23(32-34)16-5-3-6-17(13-16)26(36)31-19-10-8-18(27)9-11-19/h2-3,5-6,8-11,13,15,20H,1,4,7,12,14H2,(H,31,36)(H2,28,29,30)/t20-/m1/s1. The van der Waals surface area contributed by atoms with Crippen LogP contribution in [0.15, 0.2) is 67.5 Å². The molecule has 2 aromatic heterocycles. The molecule has 0 radical (unpaired) electrons. The lowest BCUT2D eigenvalue weighted by atomic mass is 10.1. The Hall–Kier alpha value is -4.60. The van der Waals surface area contributed by atoms with E-state index in [1.807, 2.05) is 6.07 Å². The van der Waals surface area contributed by atoms with Crippen molar-refractivity contribution in [3.8, 4) is 11.3 Å². The van der Waals surface area contributed by atoms with Crippen molar-refractivity contribution in [2.24, 2.45) is 0 Å². The number of carbonyl (C=O) groups is 2.